The maximum Gasteiger partial charge on any atom is 0.0701 e. The molecule has 0 saturated heterocycles. The van der Waals surface area contributed by atoms with Crippen molar-refractivity contribution in [1.29, 1.82) is 0 Å². The number of hydrazine groups is 1. The predicted octanol–water partition coefficient (Wildman–Crippen LogP) is 3.03. The molecule has 1 rings (SSSR count). The van der Waals surface area contributed by atoms with Crippen molar-refractivity contribution in [3.8, 4) is 0 Å². The Kier molecular flexibility index (Phi) is 6.23. The van der Waals surface area contributed by atoms with Crippen molar-refractivity contribution in [2.45, 2.75) is 31.6 Å². The highest BCUT2D eigenvalue weighted by molar-refractivity contribution is 9.11. The molecule has 1 aromatic heterocycles. The third-order valence-electron chi connectivity index (χ3n) is 1.94. The highest BCUT2D eigenvalue weighted by Crippen LogP contribution is 2.24. The molecule has 0 spiro atoms. The van der Waals surface area contributed by atoms with Gasteiger partial charge in [-0.25, -0.2) is 0 Å². The van der Waals surface area contributed by atoms with Crippen LogP contribution in [0.1, 0.15) is 18.7 Å². The van der Waals surface area contributed by atoms with Gasteiger partial charge in [-0.05, 0) is 39.7 Å². The van der Waals surface area contributed by atoms with Crippen LogP contribution in [-0.4, -0.2) is 17.0 Å². The quantitative estimate of drug-likeness (QED) is 0.626. The minimum absolute atomic E-state index is 0.364. The molecule has 0 radical (unpaired) electrons. The molecule has 2 nitrogen and oxygen atoms in total. The molecule has 1 unspecified atom stereocenters. The lowest BCUT2D eigenvalue weighted by atomic mass is 10.2. The average Bonchev–Trinajstić information content (AvgIpc) is 2.58. The summed E-state index contributed by atoms with van der Waals surface area (Å²) in [5.41, 5.74) is 2.89. The maximum absolute atomic E-state index is 5.54. The van der Waals surface area contributed by atoms with Gasteiger partial charge in [-0.1, -0.05) is 13.8 Å². The average molecular weight is 309 g/mol. The molecule has 15 heavy (non-hydrogen) atoms. The summed E-state index contributed by atoms with van der Waals surface area (Å²) in [5.74, 6) is 6.60. The Morgan fingerprint density at radius 3 is 2.73 bits per heavy atom. The van der Waals surface area contributed by atoms with Crippen molar-refractivity contribution in [3.05, 3.63) is 20.8 Å². The molecule has 1 heterocycles. The zero-order chi connectivity index (χ0) is 11.3. The topological polar surface area (TPSA) is 38.0 Å². The van der Waals surface area contributed by atoms with Gasteiger partial charge in [0.1, 0.15) is 0 Å². The highest BCUT2D eigenvalue weighted by Gasteiger charge is 2.10. The minimum atomic E-state index is 0.364. The van der Waals surface area contributed by atoms with E-state index in [0.29, 0.717) is 11.3 Å². The van der Waals surface area contributed by atoms with Gasteiger partial charge in [0, 0.05) is 16.7 Å². The van der Waals surface area contributed by atoms with Gasteiger partial charge >= 0.3 is 0 Å². The van der Waals surface area contributed by atoms with Crippen LogP contribution in [0, 0.1) is 0 Å². The van der Waals surface area contributed by atoms with E-state index in [-0.39, 0.29) is 0 Å². The molecule has 1 atom stereocenters. The Morgan fingerprint density at radius 1 is 1.53 bits per heavy atom. The molecule has 0 amide bonds. The molecule has 0 saturated carbocycles. The van der Waals surface area contributed by atoms with E-state index in [1.165, 1.54) is 8.66 Å². The summed E-state index contributed by atoms with van der Waals surface area (Å²) < 4.78 is 1.18. The second-order valence-corrected chi connectivity index (χ2v) is 7.81. The fourth-order valence-electron chi connectivity index (χ4n) is 1.18. The first-order valence-corrected chi connectivity index (χ1v) is 7.59. The van der Waals surface area contributed by atoms with Crippen molar-refractivity contribution in [2.24, 2.45) is 5.84 Å². The van der Waals surface area contributed by atoms with E-state index < -0.39 is 0 Å². The van der Waals surface area contributed by atoms with Crippen molar-refractivity contribution in [2.75, 3.05) is 5.75 Å². The first kappa shape index (κ1) is 13.5. The smallest absolute Gasteiger partial charge is 0.0701 e. The van der Waals surface area contributed by atoms with Gasteiger partial charge in [0.25, 0.3) is 0 Å². The molecule has 86 valence electrons. The second-order valence-electron chi connectivity index (χ2n) is 3.66. The standard InChI is InChI=1S/C10H17BrN2S2/c1-7(2)14-6-8(13-12)5-9-3-4-10(11)15-9/h3-4,7-8,13H,5-6,12H2,1-2H3. The Balaban J connectivity index is 2.39. The molecule has 5 heteroatoms. The summed E-state index contributed by atoms with van der Waals surface area (Å²) in [6, 6.07) is 4.60. The predicted molar refractivity (Wildman–Crippen MR) is 74.4 cm³/mol. The third-order valence-corrected chi connectivity index (χ3v) is 4.85. The number of thioether (sulfide) groups is 1. The summed E-state index contributed by atoms with van der Waals surface area (Å²) in [4.78, 5) is 1.37. The SMILES string of the molecule is CC(C)SCC(Cc1ccc(Br)s1)NN. The summed E-state index contributed by atoms with van der Waals surface area (Å²) in [6.07, 6.45) is 1.01. The first-order chi connectivity index (χ1) is 7.11. The van der Waals surface area contributed by atoms with Gasteiger partial charge in [-0.2, -0.15) is 11.8 Å². The minimum Gasteiger partial charge on any atom is -0.271 e. The van der Waals surface area contributed by atoms with Gasteiger partial charge in [-0.15, -0.1) is 11.3 Å². The number of thiophene rings is 1. The summed E-state index contributed by atoms with van der Waals surface area (Å²) in [7, 11) is 0. The zero-order valence-electron chi connectivity index (χ0n) is 9.00. The molecule has 0 bridgehead atoms. The monoisotopic (exact) mass is 308 g/mol. The zero-order valence-corrected chi connectivity index (χ0v) is 12.2. The van der Waals surface area contributed by atoms with Gasteiger partial charge in [0.15, 0.2) is 0 Å². The fraction of sp³-hybridized carbons (Fsp3) is 0.600. The Labute approximate surface area is 108 Å². The van der Waals surface area contributed by atoms with Crippen LogP contribution < -0.4 is 11.3 Å². The Bertz CT molecular complexity index is 289. The molecule has 0 fully saturated rings. The van der Waals surface area contributed by atoms with Crippen molar-refractivity contribution < 1.29 is 0 Å². The van der Waals surface area contributed by atoms with E-state index >= 15 is 0 Å². The molecule has 3 N–H and O–H groups in total. The molecule has 1 aromatic rings. The van der Waals surface area contributed by atoms with Gasteiger partial charge in [0.2, 0.25) is 0 Å². The molecular weight excluding hydrogens is 292 g/mol. The molecule has 0 aliphatic heterocycles. The van der Waals surface area contributed by atoms with E-state index in [4.69, 9.17) is 5.84 Å². The lowest BCUT2D eigenvalue weighted by molar-refractivity contribution is 0.579. The number of halogens is 1. The van der Waals surface area contributed by atoms with Crippen LogP contribution in [0.4, 0.5) is 0 Å². The van der Waals surface area contributed by atoms with Crippen LogP contribution in [0.3, 0.4) is 0 Å². The molecule has 0 aliphatic carbocycles. The lowest BCUT2D eigenvalue weighted by Gasteiger charge is -2.15. The van der Waals surface area contributed by atoms with E-state index in [1.807, 2.05) is 11.8 Å². The van der Waals surface area contributed by atoms with Crippen LogP contribution in [0.15, 0.2) is 15.9 Å². The Hall–Kier alpha value is 0.450. The van der Waals surface area contributed by atoms with Crippen LogP contribution in [0.25, 0.3) is 0 Å². The van der Waals surface area contributed by atoms with Crippen molar-refractivity contribution in [1.82, 2.24) is 5.43 Å². The van der Waals surface area contributed by atoms with Crippen LogP contribution >= 0.6 is 39.0 Å². The van der Waals surface area contributed by atoms with E-state index in [1.54, 1.807) is 11.3 Å². The fourth-order valence-corrected chi connectivity index (χ4v) is 3.57. The first-order valence-electron chi connectivity index (χ1n) is 4.93. The van der Waals surface area contributed by atoms with E-state index in [0.717, 1.165) is 12.2 Å². The largest absolute Gasteiger partial charge is 0.271 e. The lowest BCUT2D eigenvalue weighted by Crippen LogP contribution is -2.38. The summed E-state index contributed by atoms with van der Waals surface area (Å²) in [6.45, 7) is 4.42. The van der Waals surface area contributed by atoms with Crippen LogP contribution in [0.5, 0.6) is 0 Å². The summed E-state index contributed by atoms with van der Waals surface area (Å²) >= 11 is 7.19. The van der Waals surface area contributed by atoms with Crippen LogP contribution in [-0.2, 0) is 6.42 Å². The third kappa shape index (κ3) is 5.36. The van der Waals surface area contributed by atoms with Gasteiger partial charge < -0.3 is 0 Å². The molecular formula is C10H17BrN2S2. The molecule has 0 aliphatic rings. The normalized spacial score (nSPS) is 13.4. The molecule has 0 aromatic carbocycles. The Morgan fingerprint density at radius 2 is 2.27 bits per heavy atom. The van der Waals surface area contributed by atoms with E-state index in [2.05, 4.69) is 47.3 Å². The van der Waals surface area contributed by atoms with Gasteiger partial charge in [0.05, 0.1) is 3.79 Å². The number of rotatable bonds is 6. The number of nitrogens with one attached hydrogen (secondary N) is 1. The second kappa shape index (κ2) is 6.91. The maximum atomic E-state index is 5.54. The number of hydrogen-bond donors (Lipinski definition) is 2. The van der Waals surface area contributed by atoms with E-state index in [9.17, 15) is 0 Å². The van der Waals surface area contributed by atoms with Crippen LogP contribution in [0.2, 0.25) is 0 Å². The summed E-state index contributed by atoms with van der Waals surface area (Å²) in [5, 5.41) is 0.663. The number of nitrogens with two attached hydrogens (primary N) is 1. The van der Waals surface area contributed by atoms with Gasteiger partial charge in [-0.3, -0.25) is 11.3 Å². The van der Waals surface area contributed by atoms with Crippen molar-refractivity contribution in [3.63, 3.8) is 0 Å². The van der Waals surface area contributed by atoms with Crippen molar-refractivity contribution >= 4 is 39.0 Å². The highest BCUT2D eigenvalue weighted by atomic mass is 79.9. The number of hydrogen-bond acceptors (Lipinski definition) is 4.